The number of methoxy groups -OCH3 is 1. The molecule has 0 saturated carbocycles. The summed E-state index contributed by atoms with van der Waals surface area (Å²) in [5, 5.41) is 0. The van der Waals surface area contributed by atoms with Crippen LogP contribution in [-0.2, 0) is 4.74 Å². The molecule has 1 aromatic carbocycles. The summed E-state index contributed by atoms with van der Waals surface area (Å²) < 4.78 is 6.34. The van der Waals surface area contributed by atoms with Crippen molar-refractivity contribution in [1.29, 1.82) is 0 Å². The molecule has 0 bridgehead atoms. The lowest BCUT2D eigenvalue weighted by Gasteiger charge is -2.16. The van der Waals surface area contributed by atoms with Crippen LogP contribution in [0.15, 0.2) is 46.6 Å². The summed E-state index contributed by atoms with van der Waals surface area (Å²) >= 11 is 3.53. The fourth-order valence-electron chi connectivity index (χ4n) is 1.75. The van der Waals surface area contributed by atoms with Gasteiger partial charge < -0.3 is 4.74 Å². The zero-order valence-corrected chi connectivity index (χ0v) is 10.3. The molecule has 0 amide bonds. The van der Waals surface area contributed by atoms with E-state index in [0.29, 0.717) is 0 Å². The van der Waals surface area contributed by atoms with Crippen LogP contribution in [0.1, 0.15) is 18.4 Å². The van der Waals surface area contributed by atoms with Gasteiger partial charge in [0.2, 0.25) is 0 Å². The Morgan fingerprint density at radius 2 is 1.87 bits per heavy atom. The molecular weight excluding hydrogens is 252 g/mol. The van der Waals surface area contributed by atoms with Gasteiger partial charge >= 0.3 is 0 Å². The van der Waals surface area contributed by atoms with Gasteiger partial charge in [-0.3, -0.25) is 0 Å². The summed E-state index contributed by atoms with van der Waals surface area (Å²) in [5.74, 6) is 1.04. The maximum atomic E-state index is 5.28. The van der Waals surface area contributed by atoms with Crippen LogP contribution in [-0.4, -0.2) is 7.11 Å². The smallest absolute Gasteiger partial charge is 0.110 e. The standard InChI is InChI=1S/C13H13BrO/c1-15-13-8-7-11(9-12(13)14)10-5-3-2-4-6-10/h2-6,9H,7-8H2,1H3. The third-order valence-corrected chi connectivity index (χ3v) is 3.25. The largest absolute Gasteiger partial charge is 0.500 e. The Bertz CT molecular complexity index is 404. The number of halogens is 1. The highest BCUT2D eigenvalue weighted by atomic mass is 79.9. The second-order valence-corrected chi connectivity index (χ2v) is 4.37. The molecule has 0 radical (unpaired) electrons. The monoisotopic (exact) mass is 264 g/mol. The van der Waals surface area contributed by atoms with Gasteiger partial charge in [-0.05, 0) is 39.6 Å². The van der Waals surface area contributed by atoms with Gasteiger partial charge in [0.15, 0.2) is 0 Å². The van der Waals surface area contributed by atoms with Crippen LogP contribution in [0.4, 0.5) is 0 Å². The third kappa shape index (κ3) is 2.32. The van der Waals surface area contributed by atoms with Crippen LogP contribution >= 0.6 is 15.9 Å². The normalized spacial score (nSPS) is 16.3. The van der Waals surface area contributed by atoms with E-state index >= 15 is 0 Å². The SMILES string of the molecule is COC1=C(Br)C=C(c2ccccc2)CC1. The van der Waals surface area contributed by atoms with Gasteiger partial charge in [0.05, 0.1) is 11.6 Å². The van der Waals surface area contributed by atoms with Crippen molar-refractivity contribution in [2.45, 2.75) is 12.8 Å². The average Bonchev–Trinajstić information content (AvgIpc) is 2.30. The van der Waals surface area contributed by atoms with Gasteiger partial charge in [-0.25, -0.2) is 0 Å². The summed E-state index contributed by atoms with van der Waals surface area (Å²) in [6.45, 7) is 0. The molecule has 2 heteroatoms. The van der Waals surface area contributed by atoms with E-state index in [9.17, 15) is 0 Å². The molecule has 0 fully saturated rings. The number of rotatable bonds is 2. The summed E-state index contributed by atoms with van der Waals surface area (Å²) in [5.41, 5.74) is 2.66. The molecule has 0 heterocycles. The van der Waals surface area contributed by atoms with Crippen molar-refractivity contribution in [1.82, 2.24) is 0 Å². The number of benzene rings is 1. The van der Waals surface area contributed by atoms with Crippen LogP contribution in [0.2, 0.25) is 0 Å². The van der Waals surface area contributed by atoms with E-state index in [1.807, 2.05) is 6.07 Å². The van der Waals surface area contributed by atoms with Gasteiger partial charge in [-0.1, -0.05) is 30.3 Å². The van der Waals surface area contributed by atoms with Crippen molar-refractivity contribution >= 4 is 21.5 Å². The van der Waals surface area contributed by atoms with Gasteiger partial charge in [0.1, 0.15) is 5.76 Å². The van der Waals surface area contributed by atoms with Crippen LogP contribution in [0.3, 0.4) is 0 Å². The number of ether oxygens (including phenoxy) is 1. The average molecular weight is 265 g/mol. The molecule has 0 spiro atoms. The lowest BCUT2D eigenvalue weighted by molar-refractivity contribution is 0.276. The van der Waals surface area contributed by atoms with Crippen molar-refractivity contribution in [3.05, 3.63) is 52.2 Å². The summed E-state index contributed by atoms with van der Waals surface area (Å²) in [6.07, 6.45) is 4.16. The first-order valence-corrected chi connectivity index (χ1v) is 5.79. The highest BCUT2D eigenvalue weighted by Gasteiger charge is 2.12. The number of allylic oxidation sites excluding steroid dienone is 4. The molecule has 0 aromatic heterocycles. The first kappa shape index (κ1) is 10.5. The van der Waals surface area contributed by atoms with Crippen LogP contribution in [0, 0.1) is 0 Å². The molecule has 1 aliphatic carbocycles. The van der Waals surface area contributed by atoms with Gasteiger partial charge in [-0.15, -0.1) is 0 Å². The van der Waals surface area contributed by atoms with Crippen molar-refractivity contribution in [2.24, 2.45) is 0 Å². The fourth-order valence-corrected chi connectivity index (χ4v) is 2.39. The first-order chi connectivity index (χ1) is 7.31. The summed E-state index contributed by atoms with van der Waals surface area (Å²) in [6, 6.07) is 10.5. The predicted octanol–water partition coefficient (Wildman–Crippen LogP) is 4.12. The Labute approximate surface area is 98.6 Å². The molecule has 0 saturated heterocycles. The highest BCUT2D eigenvalue weighted by Crippen LogP contribution is 2.32. The minimum atomic E-state index is 0.970. The Morgan fingerprint density at radius 3 is 2.47 bits per heavy atom. The fraction of sp³-hybridized carbons (Fsp3) is 0.231. The van der Waals surface area contributed by atoms with Gasteiger partial charge in [-0.2, -0.15) is 0 Å². The van der Waals surface area contributed by atoms with Gasteiger partial charge in [0, 0.05) is 6.42 Å². The minimum Gasteiger partial charge on any atom is -0.500 e. The van der Waals surface area contributed by atoms with E-state index in [4.69, 9.17) is 4.74 Å². The van der Waals surface area contributed by atoms with Crippen molar-refractivity contribution in [3.63, 3.8) is 0 Å². The Balaban J connectivity index is 2.31. The van der Waals surface area contributed by atoms with Crippen LogP contribution in [0.5, 0.6) is 0 Å². The molecule has 1 nitrogen and oxygen atoms in total. The minimum absolute atomic E-state index is 0.970. The van der Waals surface area contributed by atoms with E-state index in [1.54, 1.807) is 7.11 Å². The molecule has 1 aliphatic rings. The number of hydrogen-bond acceptors (Lipinski definition) is 1. The van der Waals surface area contributed by atoms with Gasteiger partial charge in [0.25, 0.3) is 0 Å². The maximum absolute atomic E-state index is 5.28. The topological polar surface area (TPSA) is 9.23 Å². The molecular formula is C13H13BrO. The van der Waals surface area contributed by atoms with Crippen molar-refractivity contribution < 1.29 is 4.74 Å². The van der Waals surface area contributed by atoms with Crippen LogP contribution in [0.25, 0.3) is 5.57 Å². The Kier molecular flexibility index (Phi) is 3.27. The lowest BCUT2D eigenvalue weighted by Crippen LogP contribution is -1.97. The first-order valence-electron chi connectivity index (χ1n) is 5.00. The Morgan fingerprint density at radius 1 is 1.13 bits per heavy atom. The Hall–Kier alpha value is -1.02. The molecule has 0 unspecified atom stereocenters. The second kappa shape index (κ2) is 4.67. The molecule has 1 aromatic rings. The van der Waals surface area contributed by atoms with E-state index < -0.39 is 0 Å². The molecule has 0 atom stereocenters. The third-order valence-electron chi connectivity index (χ3n) is 2.58. The van der Waals surface area contributed by atoms with E-state index in [1.165, 1.54) is 11.1 Å². The van der Waals surface area contributed by atoms with Crippen molar-refractivity contribution in [3.8, 4) is 0 Å². The quantitative estimate of drug-likeness (QED) is 0.781. The lowest BCUT2D eigenvalue weighted by atomic mass is 9.97. The summed E-state index contributed by atoms with van der Waals surface area (Å²) in [4.78, 5) is 0. The van der Waals surface area contributed by atoms with E-state index in [-0.39, 0.29) is 0 Å². The second-order valence-electron chi connectivity index (χ2n) is 3.51. The zero-order valence-electron chi connectivity index (χ0n) is 8.66. The zero-order chi connectivity index (χ0) is 10.7. The van der Waals surface area contributed by atoms with E-state index in [0.717, 1.165) is 23.1 Å². The number of hydrogen-bond donors (Lipinski definition) is 0. The molecule has 2 rings (SSSR count). The maximum Gasteiger partial charge on any atom is 0.110 e. The van der Waals surface area contributed by atoms with Crippen molar-refractivity contribution in [2.75, 3.05) is 7.11 Å². The molecule has 78 valence electrons. The molecule has 0 N–H and O–H groups in total. The predicted molar refractivity (Wildman–Crippen MR) is 66.6 cm³/mol. The summed E-state index contributed by atoms with van der Waals surface area (Å²) in [7, 11) is 1.72. The molecule has 0 aliphatic heterocycles. The van der Waals surface area contributed by atoms with E-state index in [2.05, 4.69) is 46.3 Å². The molecule has 15 heavy (non-hydrogen) atoms. The highest BCUT2D eigenvalue weighted by molar-refractivity contribution is 9.11. The van der Waals surface area contributed by atoms with Crippen LogP contribution < -0.4 is 0 Å².